The Morgan fingerprint density at radius 1 is 1.25 bits per heavy atom. The minimum atomic E-state index is -5.13. The lowest BCUT2D eigenvalue weighted by Crippen LogP contribution is -2.18. The maximum absolute atomic E-state index is 13.0. The summed E-state index contributed by atoms with van der Waals surface area (Å²) in [6.07, 6.45) is -5.13. The number of halogens is 5. The number of rotatable bonds is 2. The molecule has 16 heavy (non-hydrogen) atoms. The minimum Gasteiger partial charge on any atom is -0.404 e. The largest absolute Gasteiger partial charge is 0.573 e. The van der Waals surface area contributed by atoms with Crippen molar-refractivity contribution in [3.8, 4) is 5.75 Å². The molecular formula is C7H3ClF4O3S. The molecule has 3 nitrogen and oxygen atoms in total. The van der Waals surface area contributed by atoms with Crippen molar-refractivity contribution in [2.24, 2.45) is 0 Å². The van der Waals surface area contributed by atoms with E-state index in [0.29, 0.717) is 12.1 Å². The average molecular weight is 279 g/mol. The first kappa shape index (κ1) is 13.0. The van der Waals surface area contributed by atoms with Crippen LogP contribution < -0.4 is 4.74 Å². The van der Waals surface area contributed by atoms with Gasteiger partial charge in [-0.15, -0.1) is 13.2 Å². The molecule has 90 valence electrons. The van der Waals surface area contributed by atoms with Gasteiger partial charge in [0.15, 0.2) is 10.6 Å². The van der Waals surface area contributed by atoms with Gasteiger partial charge in [0.1, 0.15) is 5.82 Å². The lowest BCUT2D eigenvalue weighted by atomic mass is 10.3. The Labute approximate surface area is 92.0 Å². The monoisotopic (exact) mass is 278 g/mol. The third kappa shape index (κ3) is 3.24. The number of alkyl halides is 3. The molecule has 9 heteroatoms. The van der Waals surface area contributed by atoms with Crippen LogP contribution in [0.15, 0.2) is 23.1 Å². The Morgan fingerprint density at radius 3 is 2.25 bits per heavy atom. The van der Waals surface area contributed by atoms with Crippen molar-refractivity contribution in [2.45, 2.75) is 11.3 Å². The second kappa shape index (κ2) is 4.10. The second-order valence-corrected chi connectivity index (χ2v) is 5.06. The van der Waals surface area contributed by atoms with Gasteiger partial charge in [0.25, 0.3) is 9.05 Å². The Bertz CT molecular complexity index is 497. The third-order valence-corrected chi connectivity index (χ3v) is 2.75. The van der Waals surface area contributed by atoms with E-state index in [2.05, 4.69) is 4.74 Å². The fourth-order valence-electron chi connectivity index (χ4n) is 0.931. The number of ether oxygens (including phenoxy) is 1. The van der Waals surface area contributed by atoms with Crippen molar-refractivity contribution in [3.63, 3.8) is 0 Å². The number of benzene rings is 1. The summed E-state index contributed by atoms with van der Waals surface area (Å²) in [6.45, 7) is 0. The highest BCUT2D eigenvalue weighted by Gasteiger charge is 2.34. The molecule has 0 heterocycles. The molecule has 0 N–H and O–H groups in total. The van der Waals surface area contributed by atoms with Crippen LogP contribution in [0, 0.1) is 5.82 Å². The van der Waals surface area contributed by atoms with Gasteiger partial charge >= 0.3 is 6.36 Å². The molecule has 1 rings (SSSR count). The van der Waals surface area contributed by atoms with Crippen LogP contribution in [0.4, 0.5) is 17.6 Å². The lowest BCUT2D eigenvalue weighted by molar-refractivity contribution is -0.275. The van der Waals surface area contributed by atoms with Crippen molar-refractivity contribution in [1.82, 2.24) is 0 Å². The summed E-state index contributed by atoms with van der Waals surface area (Å²) in [4.78, 5) is -1.34. The van der Waals surface area contributed by atoms with Crippen molar-refractivity contribution in [2.75, 3.05) is 0 Å². The Balaban J connectivity index is 3.36. The van der Waals surface area contributed by atoms with E-state index in [9.17, 15) is 26.0 Å². The average Bonchev–Trinajstić information content (AvgIpc) is 1.97. The highest BCUT2D eigenvalue weighted by molar-refractivity contribution is 8.13. The van der Waals surface area contributed by atoms with Gasteiger partial charge in [-0.1, -0.05) is 6.07 Å². The standard InChI is InChI=1S/C7H3ClF4O3S/c8-16(13,14)6-4(9)2-1-3-5(6)15-7(10,11)12/h1-3H. The summed E-state index contributed by atoms with van der Waals surface area (Å²) >= 11 is 0. The van der Waals surface area contributed by atoms with Crippen molar-refractivity contribution < 1.29 is 30.7 Å². The van der Waals surface area contributed by atoms with Crippen LogP contribution in [0.1, 0.15) is 0 Å². The Morgan fingerprint density at radius 2 is 1.81 bits per heavy atom. The van der Waals surface area contributed by atoms with Gasteiger partial charge in [-0.05, 0) is 12.1 Å². The molecule has 0 amide bonds. The van der Waals surface area contributed by atoms with Crippen LogP contribution >= 0.6 is 10.7 Å². The Kier molecular flexibility index (Phi) is 3.34. The molecule has 0 bridgehead atoms. The summed E-state index contributed by atoms with van der Waals surface area (Å²) < 4.78 is 73.6. The fourth-order valence-corrected chi connectivity index (χ4v) is 2.03. The van der Waals surface area contributed by atoms with Gasteiger partial charge in [0, 0.05) is 10.7 Å². The predicted molar refractivity (Wildman–Crippen MR) is 46.1 cm³/mol. The highest BCUT2D eigenvalue weighted by atomic mass is 35.7. The summed E-state index contributed by atoms with van der Waals surface area (Å²) in [5.74, 6) is -2.63. The quantitative estimate of drug-likeness (QED) is 0.617. The summed E-state index contributed by atoms with van der Waals surface area (Å²) in [5.41, 5.74) is 0. The maximum Gasteiger partial charge on any atom is 0.573 e. The van der Waals surface area contributed by atoms with Gasteiger partial charge < -0.3 is 4.74 Å². The minimum absolute atomic E-state index is 0.645. The lowest BCUT2D eigenvalue weighted by Gasteiger charge is -2.11. The molecule has 0 unspecified atom stereocenters. The maximum atomic E-state index is 13.0. The van der Waals surface area contributed by atoms with Crippen LogP contribution in [0.2, 0.25) is 0 Å². The fraction of sp³-hybridized carbons (Fsp3) is 0.143. The van der Waals surface area contributed by atoms with Crippen LogP contribution in [0.25, 0.3) is 0 Å². The molecule has 1 aromatic rings. The molecule has 0 aromatic heterocycles. The SMILES string of the molecule is O=S(=O)(Cl)c1c(F)cccc1OC(F)(F)F. The van der Waals surface area contributed by atoms with Crippen LogP contribution in [-0.4, -0.2) is 14.8 Å². The molecular weight excluding hydrogens is 276 g/mol. The van der Waals surface area contributed by atoms with Crippen molar-refractivity contribution in [1.29, 1.82) is 0 Å². The summed E-state index contributed by atoms with van der Waals surface area (Å²) in [7, 11) is 0.118. The zero-order valence-corrected chi connectivity index (χ0v) is 8.83. The smallest absolute Gasteiger partial charge is 0.404 e. The molecule has 1 aromatic carbocycles. The molecule has 0 fully saturated rings. The predicted octanol–water partition coefficient (Wildman–Crippen LogP) is 2.65. The third-order valence-electron chi connectivity index (χ3n) is 1.40. The zero-order chi connectivity index (χ0) is 12.6. The topological polar surface area (TPSA) is 43.4 Å². The van der Waals surface area contributed by atoms with E-state index in [1.54, 1.807) is 0 Å². The normalized spacial score (nSPS) is 12.6. The first-order valence-corrected chi connectivity index (χ1v) is 5.91. The molecule has 0 saturated carbocycles. The van der Waals surface area contributed by atoms with Crippen LogP contribution in [-0.2, 0) is 9.05 Å². The summed E-state index contributed by atoms with van der Waals surface area (Å²) in [6, 6.07) is 2.16. The van der Waals surface area contributed by atoms with E-state index >= 15 is 0 Å². The van der Waals surface area contributed by atoms with Crippen LogP contribution in [0.5, 0.6) is 5.75 Å². The van der Waals surface area contributed by atoms with Gasteiger partial charge in [-0.25, -0.2) is 12.8 Å². The zero-order valence-electron chi connectivity index (χ0n) is 7.25. The summed E-state index contributed by atoms with van der Waals surface area (Å²) in [5, 5.41) is 0. The van der Waals surface area contributed by atoms with E-state index in [1.807, 2.05) is 0 Å². The van der Waals surface area contributed by atoms with Crippen molar-refractivity contribution >= 4 is 19.7 Å². The number of hydrogen-bond donors (Lipinski definition) is 0. The van der Waals surface area contributed by atoms with Gasteiger partial charge in [-0.2, -0.15) is 0 Å². The first-order chi connectivity index (χ1) is 7.11. The van der Waals surface area contributed by atoms with E-state index in [4.69, 9.17) is 10.7 Å². The van der Waals surface area contributed by atoms with Crippen LogP contribution in [0.3, 0.4) is 0 Å². The van der Waals surface area contributed by atoms with Gasteiger partial charge in [-0.3, -0.25) is 0 Å². The van der Waals surface area contributed by atoms with E-state index in [1.165, 1.54) is 0 Å². The van der Waals surface area contributed by atoms with E-state index in [-0.39, 0.29) is 0 Å². The molecule has 0 aliphatic heterocycles. The van der Waals surface area contributed by atoms with Crippen molar-refractivity contribution in [3.05, 3.63) is 24.0 Å². The molecule has 0 spiro atoms. The second-order valence-electron chi connectivity index (χ2n) is 2.55. The van der Waals surface area contributed by atoms with E-state index < -0.39 is 31.9 Å². The Hall–Kier alpha value is -1.02. The molecule has 0 aliphatic carbocycles. The number of hydrogen-bond acceptors (Lipinski definition) is 3. The molecule has 0 aliphatic rings. The molecule has 0 atom stereocenters. The van der Waals surface area contributed by atoms with Gasteiger partial charge in [0.05, 0.1) is 0 Å². The molecule has 0 saturated heterocycles. The van der Waals surface area contributed by atoms with Gasteiger partial charge in [0.2, 0.25) is 0 Å². The first-order valence-electron chi connectivity index (χ1n) is 3.60. The molecule has 0 radical (unpaired) electrons. The van der Waals surface area contributed by atoms with E-state index in [0.717, 1.165) is 6.07 Å². The highest BCUT2D eigenvalue weighted by Crippen LogP contribution is 2.33.